The number of hydrogen-bond donors (Lipinski definition) is 1. The second-order valence-corrected chi connectivity index (χ2v) is 8.25. The van der Waals surface area contributed by atoms with E-state index in [0.717, 1.165) is 54.3 Å². The fraction of sp³-hybridized carbons (Fsp3) is 0.409. The minimum atomic E-state index is 0.307. The molecule has 1 aliphatic heterocycles. The summed E-state index contributed by atoms with van der Waals surface area (Å²) < 4.78 is 7.32. The van der Waals surface area contributed by atoms with Crippen molar-refractivity contribution in [3.05, 3.63) is 36.3 Å². The van der Waals surface area contributed by atoms with Gasteiger partial charge in [0.2, 0.25) is 0 Å². The Kier molecular flexibility index (Phi) is 4.58. The molecule has 4 aromatic rings. The number of anilines is 1. The molecule has 0 atom stereocenters. The maximum Gasteiger partial charge on any atom is 0.197 e. The molecule has 0 amide bonds. The van der Waals surface area contributed by atoms with Crippen molar-refractivity contribution >= 4 is 22.5 Å². The standard InChI is InChI=1S/C22H27N7O/c1-14(2)19-20(15-11-17(30-4)22-23-13-24-29(22)12-15)25-16-5-6-18(26-21(16)19)28-9-7-27(3)8-10-28/h5-6,11-14,25H,7-10H2,1-4H3. The summed E-state index contributed by atoms with van der Waals surface area (Å²) >= 11 is 0. The van der Waals surface area contributed by atoms with Gasteiger partial charge in [-0.25, -0.2) is 14.5 Å². The van der Waals surface area contributed by atoms with Gasteiger partial charge in [-0.1, -0.05) is 13.8 Å². The van der Waals surface area contributed by atoms with Crippen molar-refractivity contribution in [1.29, 1.82) is 0 Å². The summed E-state index contributed by atoms with van der Waals surface area (Å²) in [4.78, 5) is 17.7. The molecule has 1 saturated heterocycles. The highest BCUT2D eigenvalue weighted by Gasteiger charge is 2.21. The zero-order chi connectivity index (χ0) is 20.8. The number of likely N-dealkylation sites (N-methyl/N-ethyl adjacent to an activating group) is 1. The van der Waals surface area contributed by atoms with Crippen LogP contribution >= 0.6 is 0 Å². The Morgan fingerprint density at radius 2 is 1.93 bits per heavy atom. The minimum absolute atomic E-state index is 0.307. The zero-order valence-corrected chi connectivity index (χ0v) is 17.9. The van der Waals surface area contributed by atoms with Gasteiger partial charge in [-0.2, -0.15) is 5.10 Å². The Morgan fingerprint density at radius 3 is 2.67 bits per heavy atom. The molecule has 4 aromatic heterocycles. The summed E-state index contributed by atoms with van der Waals surface area (Å²) in [5.74, 6) is 2.05. The van der Waals surface area contributed by atoms with E-state index in [1.807, 2.05) is 12.3 Å². The summed E-state index contributed by atoms with van der Waals surface area (Å²) in [5.41, 5.74) is 6.06. The Bertz CT molecular complexity index is 1200. The highest BCUT2D eigenvalue weighted by atomic mass is 16.5. The van der Waals surface area contributed by atoms with Gasteiger partial charge in [0.25, 0.3) is 0 Å². The third-order valence-electron chi connectivity index (χ3n) is 5.92. The molecule has 1 fully saturated rings. The van der Waals surface area contributed by atoms with Crippen LogP contribution in [0.2, 0.25) is 0 Å². The summed E-state index contributed by atoms with van der Waals surface area (Å²) in [6.45, 7) is 8.55. The molecule has 0 unspecified atom stereocenters. The number of methoxy groups -OCH3 is 1. The van der Waals surface area contributed by atoms with E-state index in [9.17, 15) is 0 Å². The van der Waals surface area contributed by atoms with E-state index in [1.165, 1.54) is 5.56 Å². The van der Waals surface area contributed by atoms with Crippen LogP contribution in [0.1, 0.15) is 25.3 Å². The molecule has 156 valence electrons. The van der Waals surface area contributed by atoms with Crippen LogP contribution in [0.3, 0.4) is 0 Å². The van der Waals surface area contributed by atoms with Crippen molar-refractivity contribution < 1.29 is 4.74 Å². The monoisotopic (exact) mass is 405 g/mol. The van der Waals surface area contributed by atoms with Gasteiger partial charge >= 0.3 is 0 Å². The van der Waals surface area contributed by atoms with Crippen molar-refractivity contribution in [3.63, 3.8) is 0 Å². The van der Waals surface area contributed by atoms with Crippen molar-refractivity contribution in [1.82, 2.24) is 29.5 Å². The van der Waals surface area contributed by atoms with Crippen LogP contribution in [0.5, 0.6) is 5.75 Å². The van der Waals surface area contributed by atoms with Crippen LogP contribution in [-0.2, 0) is 0 Å². The Labute approximate surface area is 175 Å². The Morgan fingerprint density at radius 1 is 1.13 bits per heavy atom. The molecule has 0 aromatic carbocycles. The van der Waals surface area contributed by atoms with E-state index in [1.54, 1.807) is 18.0 Å². The first-order valence-electron chi connectivity index (χ1n) is 10.4. The van der Waals surface area contributed by atoms with Crippen LogP contribution in [0.4, 0.5) is 5.82 Å². The molecule has 5 heterocycles. The lowest BCUT2D eigenvalue weighted by Crippen LogP contribution is -2.44. The molecule has 30 heavy (non-hydrogen) atoms. The van der Waals surface area contributed by atoms with Gasteiger partial charge < -0.3 is 19.5 Å². The third kappa shape index (κ3) is 3.08. The fourth-order valence-electron chi connectivity index (χ4n) is 4.26. The van der Waals surface area contributed by atoms with Gasteiger partial charge in [-0.3, -0.25) is 0 Å². The predicted molar refractivity (Wildman–Crippen MR) is 118 cm³/mol. The SMILES string of the molecule is COc1cc(-c2[nH]c3ccc(N4CCN(C)CC4)nc3c2C(C)C)cn2ncnc12. The van der Waals surface area contributed by atoms with E-state index in [-0.39, 0.29) is 0 Å². The normalized spacial score (nSPS) is 15.6. The van der Waals surface area contributed by atoms with Crippen LogP contribution in [0.15, 0.2) is 30.7 Å². The van der Waals surface area contributed by atoms with Crippen molar-refractivity contribution in [3.8, 4) is 17.0 Å². The van der Waals surface area contributed by atoms with Crippen LogP contribution < -0.4 is 9.64 Å². The van der Waals surface area contributed by atoms with Gasteiger partial charge in [0.05, 0.1) is 23.8 Å². The van der Waals surface area contributed by atoms with E-state index in [0.29, 0.717) is 17.3 Å². The average molecular weight is 406 g/mol. The number of pyridine rings is 2. The first kappa shape index (κ1) is 18.9. The molecule has 1 N–H and O–H groups in total. The molecule has 0 aliphatic carbocycles. The number of ether oxygens (including phenoxy) is 1. The first-order valence-corrected chi connectivity index (χ1v) is 10.4. The molecule has 8 nitrogen and oxygen atoms in total. The van der Waals surface area contributed by atoms with Gasteiger partial charge in [0.1, 0.15) is 12.1 Å². The largest absolute Gasteiger partial charge is 0.493 e. The average Bonchev–Trinajstić information content (AvgIpc) is 3.37. The highest BCUT2D eigenvalue weighted by Crippen LogP contribution is 2.37. The zero-order valence-electron chi connectivity index (χ0n) is 17.9. The molecule has 1 aliphatic rings. The van der Waals surface area contributed by atoms with Gasteiger partial charge in [-0.15, -0.1) is 0 Å². The number of H-pyrrole nitrogens is 1. The molecule has 0 spiro atoms. The number of nitrogens with zero attached hydrogens (tertiary/aromatic N) is 6. The second-order valence-electron chi connectivity index (χ2n) is 8.25. The van der Waals surface area contributed by atoms with E-state index in [2.05, 4.69) is 57.9 Å². The summed E-state index contributed by atoms with van der Waals surface area (Å²) in [5, 5.41) is 4.31. The lowest BCUT2D eigenvalue weighted by molar-refractivity contribution is 0.312. The van der Waals surface area contributed by atoms with Crippen molar-refractivity contribution in [2.75, 3.05) is 45.2 Å². The number of fused-ring (bicyclic) bond motifs is 2. The molecular weight excluding hydrogens is 378 g/mol. The molecule has 0 saturated carbocycles. The first-order chi connectivity index (χ1) is 14.5. The lowest BCUT2D eigenvalue weighted by atomic mass is 9.99. The second kappa shape index (κ2) is 7.28. The van der Waals surface area contributed by atoms with E-state index in [4.69, 9.17) is 9.72 Å². The fourth-order valence-corrected chi connectivity index (χ4v) is 4.26. The molecular formula is C22H27N7O. The topological polar surface area (TPSA) is 74.6 Å². The summed E-state index contributed by atoms with van der Waals surface area (Å²) in [6, 6.07) is 6.29. The quantitative estimate of drug-likeness (QED) is 0.562. The van der Waals surface area contributed by atoms with E-state index >= 15 is 0 Å². The number of piperazine rings is 1. The molecule has 0 bridgehead atoms. The number of nitrogens with one attached hydrogen (secondary N) is 1. The third-order valence-corrected chi connectivity index (χ3v) is 5.92. The molecule has 8 heteroatoms. The number of hydrogen-bond acceptors (Lipinski definition) is 6. The van der Waals surface area contributed by atoms with Crippen LogP contribution in [0.25, 0.3) is 27.9 Å². The van der Waals surface area contributed by atoms with Gasteiger partial charge in [0.15, 0.2) is 11.4 Å². The van der Waals surface area contributed by atoms with Crippen LogP contribution in [-0.4, -0.2) is 69.8 Å². The summed E-state index contributed by atoms with van der Waals surface area (Å²) in [6.07, 6.45) is 3.53. The minimum Gasteiger partial charge on any atom is -0.493 e. The Hall–Kier alpha value is -3.13. The number of aromatic amines is 1. The predicted octanol–water partition coefficient (Wildman–Crippen LogP) is 3.16. The maximum absolute atomic E-state index is 5.57. The smallest absolute Gasteiger partial charge is 0.197 e. The van der Waals surface area contributed by atoms with Gasteiger partial charge in [-0.05, 0) is 31.2 Å². The molecule has 0 radical (unpaired) electrons. The summed E-state index contributed by atoms with van der Waals surface area (Å²) in [7, 11) is 3.83. The highest BCUT2D eigenvalue weighted by molar-refractivity contribution is 5.90. The van der Waals surface area contributed by atoms with Crippen molar-refractivity contribution in [2.45, 2.75) is 19.8 Å². The maximum atomic E-state index is 5.57. The van der Waals surface area contributed by atoms with E-state index < -0.39 is 0 Å². The molecule has 5 rings (SSSR count). The van der Waals surface area contributed by atoms with Gasteiger partial charge in [0, 0.05) is 43.5 Å². The van der Waals surface area contributed by atoms with Crippen LogP contribution in [0, 0.1) is 0 Å². The number of rotatable bonds is 4. The van der Waals surface area contributed by atoms with Crippen molar-refractivity contribution in [2.24, 2.45) is 0 Å². The number of aromatic nitrogens is 5. The lowest BCUT2D eigenvalue weighted by Gasteiger charge is -2.33. The Balaban J connectivity index is 1.65.